The van der Waals surface area contributed by atoms with Gasteiger partial charge in [-0.25, -0.2) is 4.98 Å². The van der Waals surface area contributed by atoms with E-state index in [0.29, 0.717) is 22.1 Å². The highest BCUT2D eigenvalue weighted by Crippen LogP contribution is 2.23. The number of aromatic nitrogens is 2. The maximum Gasteiger partial charge on any atom is 0.262 e. The van der Waals surface area contributed by atoms with Crippen LogP contribution in [0.2, 0.25) is 0 Å². The van der Waals surface area contributed by atoms with Crippen LogP contribution in [-0.4, -0.2) is 27.3 Å². The Morgan fingerprint density at radius 2 is 2.17 bits per heavy atom. The van der Waals surface area contributed by atoms with Crippen LogP contribution < -0.4 is 10.9 Å². The molecule has 0 aliphatic heterocycles. The number of para-hydroxylation sites is 1. The molecule has 1 heterocycles. The minimum Gasteiger partial charge on any atom is -0.353 e. The van der Waals surface area contributed by atoms with Crippen LogP contribution >= 0.6 is 11.8 Å². The maximum atomic E-state index is 12.8. The van der Waals surface area contributed by atoms with Crippen molar-refractivity contribution in [2.75, 3.05) is 5.75 Å². The molecular formula is C17H21N3O2S. The van der Waals surface area contributed by atoms with Crippen molar-refractivity contribution < 1.29 is 4.79 Å². The van der Waals surface area contributed by atoms with Crippen molar-refractivity contribution in [1.29, 1.82) is 0 Å². The van der Waals surface area contributed by atoms with Crippen molar-refractivity contribution in [3.63, 3.8) is 0 Å². The third-order valence-corrected chi connectivity index (χ3v) is 5.03. The Kier molecular flexibility index (Phi) is 4.71. The Balaban J connectivity index is 1.92. The third-order valence-electron chi connectivity index (χ3n) is 4.08. The quantitative estimate of drug-likeness (QED) is 0.653. The van der Waals surface area contributed by atoms with Gasteiger partial charge in [0.15, 0.2) is 5.16 Å². The van der Waals surface area contributed by atoms with E-state index in [1.165, 1.54) is 11.8 Å². The number of thioether (sulfide) groups is 1. The molecule has 0 saturated heterocycles. The molecule has 0 radical (unpaired) electrons. The SMILES string of the molecule is CC[C@H](C)n1c(SCC(=O)NC2CC2)nc2ccccc2c1=O. The fourth-order valence-electron chi connectivity index (χ4n) is 2.43. The predicted molar refractivity (Wildman–Crippen MR) is 92.9 cm³/mol. The molecule has 1 atom stereocenters. The normalized spacial score (nSPS) is 15.6. The van der Waals surface area contributed by atoms with Gasteiger partial charge in [0.1, 0.15) is 0 Å². The number of hydrogen-bond acceptors (Lipinski definition) is 4. The minimum absolute atomic E-state index is 0.00982. The molecule has 1 aliphatic rings. The maximum absolute atomic E-state index is 12.8. The summed E-state index contributed by atoms with van der Waals surface area (Å²) in [6.45, 7) is 4.05. The van der Waals surface area contributed by atoms with E-state index in [1.54, 1.807) is 10.6 Å². The van der Waals surface area contributed by atoms with Gasteiger partial charge in [-0.15, -0.1) is 0 Å². The summed E-state index contributed by atoms with van der Waals surface area (Å²) in [6.07, 6.45) is 2.98. The molecule has 1 aromatic carbocycles. The van der Waals surface area contributed by atoms with Crippen molar-refractivity contribution in [2.24, 2.45) is 0 Å². The van der Waals surface area contributed by atoms with Gasteiger partial charge < -0.3 is 5.32 Å². The highest BCUT2D eigenvalue weighted by Gasteiger charge is 2.23. The Labute approximate surface area is 139 Å². The lowest BCUT2D eigenvalue weighted by molar-refractivity contribution is -0.118. The van der Waals surface area contributed by atoms with Gasteiger partial charge in [-0.05, 0) is 38.3 Å². The number of hydrogen-bond donors (Lipinski definition) is 1. The van der Waals surface area contributed by atoms with Gasteiger partial charge in [0.2, 0.25) is 5.91 Å². The van der Waals surface area contributed by atoms with Crippen LogP contribution in [0.4, 0.5) is 0 Å². The smallest absolute Gasteiger partial charge is 0.262 e. The fourth-order valence-corrected chi connectivity index (χ4v) is 3.33. The molecule has 5 nitrogen and oxygen atoms in total. The molecule has 3 rings (SSSR count). The monoisotopic (exact) mass is 331 g/mol. The van der Waals surface area contributed by atoms with Crippen molar-refractivity contribution in [3.8, 4) is 0 Å². The topological polar surface area (TPSA) is 64.0 Å². The standard InChI is InChI=1S/C17H21N3O2S/c1-3-11(2)20-16(22)13-6-4-5-7-14(13)19-17(20)23-10-15(21)18-12-8-9-12/h4-7,11-12H,3,8-10H2,1-2H3,(H,18,21)/t11-/m0/s1. The number of fused-ring (bicyclic) bond motifs is 1. The molecule has 1 aromatic heterocycles. The van der Waals surface area contributed by atoms with Gasteiger partial charge in [0.25, 0.3) is 5.56 Å². The number of carbonyl (C=O) groups excluding carboxylic acids is 1. The van der Waals surface area contributed by atoms with Crippen LogP contribution in [-0.2, 0) is 4.79 Å². The molecular weight excluding hydrogens is 310 g/mol. The number of nitrogens with one attached hydrogen (secondary N) is 1. The summed E-state index contributed by atoms with van der Waals surface area (Å²) < 4.78 is 1.72. The molecule has 122 valence electrons. The predicted octanol–water partition coefficient (Wildman–Crippen LogP) is 2.74. The zero-order valence-corrected chi connectivity index (χ0v) is 14.2. The first-order valence-electron chi connectivity index (χ1n) is 8.03. The van der Waals surface area contributed by atoms with Crippen molar-refractivity contribution in [3.05, 3.63) is 34.6 Å². The summed E-state index contributed by atoms with van der Waals surface area (Å²) in [5, 5.41) is 4.21. The van der Waals surface area contributed by atoms with Crippen LogP contribution in [0.25, 0.3) is 10.9 Å². The second-order valence-electron chi connectivity index (χ2n) is 5.97. The number of amides is 1. The summed E-state index contributed by atoms with van der Waals surface area (Å²) in [4.78, 5) is 29.3. The lowest BCUT2D eigenvalue weighted by Gasteiger charge is -2.18. The van der Waals surface area contributed by atoms with Crippen molar-refractivity contribution in [2.45, 2.75) is 50.4 Å². The Bertz CT molecular complexity index is 783. The number of rotatable bonds is 6. The van der Waals surface area contributed by atoms with Crippen LogP contribution in [0.15, 0.2) is 34.2 Å². The van der Waals surface area contributed by atoms with Gasteiger partial charge in [-0.2, -0.15) is 0 Å². The van der Waals surface area contributed by atoms with Gasteiger partial charge in [0.05, 0.1) is 16.7 Å². The molecule has 6 heteroatoms. The zero-order chi connectivity index (χ0) is 16.4. The summed E-state index contributed by atoms with van der Waals surface area (Å²) in [7, 11) is 0. The highest BCUT2D eigenvalue weighted by molar-refractivity contribution is 7.99. The van der Waals surface area contributed by atoms with E-state index in [2.05, 4.69) is 10.3 Å². The van der Waals surface area contributed by atoms with Crippen molar-refractivity contribution in [1.82, 2.24) is 14.9 Å². The number of carbonyl (C=O) groups is 1. The van der Waals surface area contributed by atoms with E-state index in [9.17, 15) is 9.59 Å². The molecule has 1 aliphatic carbocycles. The summed E-state index contributed by atoms with van der Waals surface area (Å²) in [5.41, 5.74) is 0.650. The average molecular weight is 331 g/mol. The molecule has 1 amide bonds. The van der Waals surface area contributed by atoms with E-state index in [-0.39, 0.29) is 23.3 Å². The lowest BCUT2D eigenvalue weighted by atomic mass is 10.2. The van der Waals surface area contributed by atoms with Gasteiger partial charge in [0, 0.05) is 12.1 Å². The third kappa shape index (κ3) is 3.58. The first-order valence-corrected chi connectivity index (χ1v) is 9.02. The molecule has 1 N–H and O–H groups in total. The van der Waals surface area contributed by atoms with Crippen molar-refractivity contribution >= 4 is 28.6 Å². The van der Waals surface area contributed by atoms with E-state index in [1.807, 2.05) is 32.0 Å². The van der Waals surface area contributed by atoms with Crippen LogP contribution in [0.3, 0.4) is 0 Å². The lowest BCUT2D eigenvalue weighted by Crippen LogP contribution is -2.29. The molecule has 0 unspecified atom stereocenters. The molecule has 0 spiro atoms. The Morgan fingerprint density at radius 1 is 1.43 bits per heavy atom. The summed E-state index contributed by atoms with van der Waals surface area (Å²) in [5.74, 6) is 0.299. The van der Waals surface area contributed by atoms with E-state index in [4.69, 9.17) is 0 Å². The van der Waals surface area contributed by atoms with Gasteiger partial charge in [-0.3, -0.25) is 14.2 Å². The molecule has 23 heavy (non-hydrogen) atoms. The summed E-state index contributed by atoms with van der Waals surface area (Å²) >= 11 is 1.34. The largest absolute Gasteiger partial charge is 0.353 e. The zero-order valence-electron chi connectivity index (χ0n) is 13.4. The van der Waals surface area contributed by atoms with E-state index in [0.717, 1.165) is 19.3 Å². The van der Waals surface area contributed by atoms with Crippen LogP contribution in [0.1, 0.15) is 39.2 Å². The molecule has 1 fully saturated rings. The first kappa shape index (κ1) is 16.1. The van der Waals surface area contributed by atoms with Gasteiger partial charge in [-0.1, -0.05) is 30.8 Å². The van der Waals surface area contributed by atoms with E-state index < -0.39 is 0 Å². The average Bonchev–Trinajstić information content (AvgIpc) is 3.36. The van der Waals surface area contributed by atoms with Gasteiger partial charge >= 0.3 is 0 Å². The van der Waals surface area contributed by atoms with Crippen LogP contribution in [0, 0.1) is 0 Å². The Hall–Kier alpha value is -1.82. The van der Waals surface area contributed by atoms with Crippen LogP contribution in [0.5, 0.6) is 0 Å². The minimum atomic E-state index is -0.0324. The molecule has 0 bridgehead atoms. The second-order valence-corrected chi connectivity index (χ2v) is 6.92. The summed E-state index contributed by atoms with van der Waals surface area (Å²) in [6, 6.07) is 7.76. The Morgan fingerprint density at radius 3 is 2.87 bits per heavy atom. The number of nitrogens with zero attached hydrogens (tertiary/aromatic N) is 2. The highest BCUT2D eigenvalue weighted by atomic mass is 32.2. The number of benzene rings is 1. The fraction of sp³-hybridized carbons (Fsp3) is 0.471. The first-order chi connectivity index (χ1) is 11.1. The second kappa shape index (κ2) is 6.74. The van der Waals surface area contributed by atoms with E-state index >= 15 is 0 Å². The molecule has 2 aromatic rings. The molecule has 1 saturated carbocycles.